The highest BCUT2D eigenvalue weighted by Gasteiger charge is 2.19. The summed E-state index contributed by atoms with van der Waals surface area (Å²) in [6.07, 6.45) is 2.17. The summed E-state index contributed by atoms with van der Waals surface area (Å²) >= 11 is 0. The largest absolute Gasteiger partial charge is 0.508 e. The molecule has 0 bridgehead atoms. The number of hydrogen-bond donors (Lipinski definition) is 2. The van der Waals surface area contributed by atoms with Gasteiger partial charge in [0.15, 0.2) is 0 Å². The number of benzene rings is 1. The Bertz CT molecular complexity index is 571. The zero-order valence-corrected chi connectivity index (χ0v) is 15.8. The molecule has 1 saturated heterocycles. The Kier molecular flexibility index (Phi) is 8.35. The lowest BCUT2D eigenvalue weighted by Gasteiger charge is -2.22. The maximum absolute atomic E-state index is 11.6. The minimum atomic E-state index is -0.532. The van der Waals surface area contributed by atoms with Gasteiger partial charge in [0.2, 0.25) is 0 Å². The van der Waals surface area contributed by atoms with Crippen molar-refractivity contribution in [2.24, 2.45) is 0 Å². The van der Waals surface area contributed by atoms with Crippen molar-refractivity contribution in [2.75, 3.05) is 32.8 Å². The Morgan fingerprint density at radius 1 is 1.31 bits per heavy atom. The van der Waals surface area contributed by atoms with E-state index in [4.69, 9.17) is 9.47 Å². The minimum absolute atomic E-state index is 0.153. The molecule has 0 radical (unpaired) electrons. The van der Waals surface area contributed by atoms with Gasteiger partial charge in [0.25, 0.3) is 0 Å². The van der Waals surface area contributed by atoms with E-state index in [0.717, 1.165) is 18.7 Å². The van der Waals surface area contributed by atoms with Crippen LogP contribution in [-0.2, 0) is 20.7 Å². The number of likely N-dealkylation sites (tertiary alicyclic amines) is 1. The van der Waals surface area contributed by atoms with Crippen molar-refractivity contribution in [2.45, 2.75) is 51.7 Å². The Labute approximate surface area is 155 Å². The third-order valence-electron chi connectivity index (χ3n) is 4.72. The predicted octanol–water partition coefficient (Wildman–Crippen LogP) is 2.42. The first-order valence-corrected chi connectivity index (χ1v) is 9.49. The average molecular weight is 365 g/mol. The number of carbonyl (C=O) groups is 1. The summed E-state index contributed by atoms with van der Waals surface area (Å²) in [6.45, 7) is 6.96. The van der Waals surface area contributed by atoms with E-state index < -0.39 is 6.10 Å². The molecule has 1 fully saturated rings. The summed E-state index contributed by atoms with van der Waals surface area (Å²) in [7, 11) is 0. The number of phenols is 1. The highest BCUT2D eigenvalue weighted by molar-refractivity contribution is 5.70. The van der Waals surface area contributed by atoms with E-state index in [1.165, 1.54) is 12.8 Å². The zero-order chi connectivity index (χ0) is 18.9. The van der Waals surface area contributed by atoms with Gasteiger partial charge in [-0.2, -0.15) is 0 Å². The molecule has 1 heterocycles. The smallest absolute Gasteiger partial charge is 0.306 e. The number of aromatic hydroxyl groups is 1. The highest BCUT2D eigenvalue weighted by atomic mass is 16.5. The van der Waals surface area contributed by atoms with Crippen LogP contribution < -0.4 is 0 Å². The molecule has 1 aliphatic heterocycles. The van der Waals surface area contributed by atoms with Crippen molar-refractivity contribution < 1.29 is 24.5 Å². The Morgan fingerprint density at radius 3 is 2.73 bits per heavy atom. The molecular weight excluding hydrogens is 334 g/mol. The first-order valence-electron chi connectivity index (χ1n) is 9.49. The number of esters is 1. The zero-order valence-electron chi connectivity index (χ0n) is 15.8. The first kappa shape index (κ1) is 20.7. The van der Waals surface area contributed by atoms with Gasteiger partial charge in [-0.3, -0.25) is 4.79 Å². The SMILES string of the molecule is CCOC(=O)CCc1c(O)cccc1C(C)OCC(O)CN1CCCC1. The number of carbonyl (C=O) groups excluding carboxylic acids is 1. The number of aliphatic hydroxyl groups is 1. The molecule has 0 spiro atoms. The molecule has 2 unspecified atom stereocenters. The number of phenolic OH excluding ortho intramolecular Hbond substituents is 1. The maximum Gasteiger partial charge on any atom is 0.306 e. The monoisotopic (exact) mass is 365 g/mol. The molecule has 6 heteroatoms. The van der Waals surface area contributed by atoms with E-state index >= 15 is 0 Å². The molecule has 2 atom stereocenters. The fourth-order valence-electron chi connectivity index (χ4n) is 3.37. The predicted molar refractivity (Wildman–Crippen MR) is 99.1 cm³/mol. The molecule has 26 heavy (non-hydrogen) atoms. The van der Waals surface area contributed by atoms with Crippen LogP contribution in [0.15, 0.2) is 18.2 Å². The number of nitrogens with zero attached hydrogens (tertiary/aromatic N) is 1. The van der Waals surface area contributed by atoms with Crippen LogP contribution in [0.25, 0.3) is 0 Å². The van der Waals surface area contributed by atoms with E-state index in [1.54, 1.807) is 19.1 Å². The minimum Gasteiger partial charge on any atom is -0.508 e. The van der Waals surface area contributed by atoms with E-state index in [-0.39, 0.29) is 30.9 Å². The van der Waals surface area contributed by atoms with Crippen molar-refractivity contribution in [1.29, 1.82) is 0 Å². The molecule has 0 aliphatic carbocycles. The molecule has 1 aromatic rings. The molecule has 0 saturated carbocycles. The average Bonchev–Trinajstić information content (AvgIpc) is 3.11. The maximum atomic E-state index is 11.6. The van der Waals surface area contributed by atoms with Crippen LogP contribution in [0.3, 0.4) is 0 Å². The number of hydrogen-bond acceptors (Lipinski definition) is 6. The Balaban J connectivity index is 1.91. The van der Waals surface area contributed by atoms with Crippen LogP contribution >= 0.6 is 0 Å². The van der Waals surface area contributed by atoms with Gasteiger partial charge in [0.05, 0.1) is 25.4 Å². The summed E-state index contributed by atoms with van der Waals surface area (Å²) in [6, 6.07) is 5.26. The topological polar surface area (TPSA) is 79.2 Å². The summed E-state index contributed by atoms with van der Waals surface area (Å²) in [5.74, 6) is -0.129. The van der Waals surface area contributed by atoms with E-state index in [9.17, 15) is 15.0 Å². The van der Waals surface area contributed by atoms with Gasteiger partial charge >= 0.3 is 5.97 Å². The molecule has 0 amide bonds. The van der Waals surface area contributed by atoms with Crippen molar-refractivity contribution in [3.05, 3.63) is 29.3 Å². The lowest BCUT2D eigenvalue weighted by atomic mass is 9.98. The van der Waals surface area contributed by atoms with Gasteiger partial charge in [0.1, 0.15) is 5.75 Å². The van der Waals surface area contributed by atoms with Crippen LogP contribution in [0, 0.1) is 0 Å². The van der Waals surface area contributed by atoms with Gasteiger partial charge in [0, 0.05) is 18.5 Å². The van der Waals surface area contributed by atoms with E-state index in [1.807, 2.05) is 13.0 Å². The summed E-state index contributed by atoms with van der Waals surface area (Å²) < 4.78 is 10.8. The number of β-amino-alcohol motifs (C(OH)–C–C–N with tert-alkyl or cyclic N) is 1. The fraction of sp³-hybridized carbons (Fsp3) is 0.650. The quantitative estimate of drug-likeness (QED) is 0.620. The fourth-order valence-corrected chi connectivity index (χ4v) is 3.37. The lowest BCUT2D eigenvalue weighted by Crippen LogP contribution is -2.33. The Hall–Kier alpha value is -1.63. The second kappa shape index (κ2) is 10.5. The molecule has 0 aromatic heterocycles. The molecular formula is C20H31NO5. The second-order valence-electron chi connectivity index (χ2n) is 6.79. The molecule has 2 rings (SSSR count). The normalized spacial score (nSPS) is 17.2. The third-order valence-corrected chi connectivity index (χ3v) is 4.72. The molecule has 146 valence electrons. The van der Waals surface area contributed by atoms with Gasteiger partial charge in [-0.05, 0) is 57.8 Å². The van der Waals surface area contributed by atoms with E-state index in [2.05, 4.69) is 4.90 Å². The molecule has 6 nitrogen and oxygen atoms in total. The van der Waals surface area contributed by atoms with Gasteiger partial charge in [-0.15, -0.1) is 0 Å². The number of ether oxygens (including phenoxy) is 2. The molecule has 1 aliphatic rings. The van der Waals surface area contributed by atoms with Crippen LogP contribution in [0.5, 0.6) is 5.75 Å². The van der Waals surface area contributed by atoms with Crippen LogP contribution in [0.4, 0.5) is 0 Å². The molecule has 1 aromatic carbocycles. The van der Waals surface area contributed by atoms with Crippen molar-refractivity contribution in [3.63, 3.8) is 0 Å². The summed E-state index contributed by atoms with van der Waals surface area (Å²) in [5.41, 5.74) is 1.53. The van der Waals surface area contributed by atoms with Gasteiger partial charge < -0.3 is 24.6 Å². The highest BCUT2D eigenvalue weighted by Crippen LogP contribution is 2.29. The van der Waals surface area contributed by atoms with Crippen LogP contribution in [0.2, 0.25) is 0 Å². The first-order chi connectivity index (χ1) is 12.5. The summed E-state index contributed by atoms with van der Waals surface area (Å²) in [5, 5.41) is 20.4. The third kappa shape index (κ3) is 6.27. The van der Waals surface area contributed by atoms with E-state index in [0.29, 0.717) is 25.1 Å². The van der Waals surface area contributed by atoms with Crippen LogP contribution in [-0.4, -0.2) is 60.0 Å². The number of aliphatic hydroxyl groups excluding tert-OH is 1. The van der Waals surface area contributed by atoms with Crippen LogP contribution in [0.1, 0.15) is 50.3 Å². The molecule has 2 N–H and O–H groups in total. The standard InChI is InChI=1S/C20H31NO5/c1-3-25-20(24)10-9-18-17(7-6-8-19(18)23)15(2)26-14-16(22)13-21-11-4-5-12-21/h6-8,15-16,22-23H,3-5,9-14H2,1-2H3. The van der Waals surface area contributed by atoms with Gasteiger partial charge in [-0.1, -0.05) is 12.1 Å². The van der Waals surface area contributed by atoms with Gasteiger partial charge in [-0.25, -0.2) is 0 Å². The van der Waals surface area contributed by atoms with Crippen molar-refractivity contribution in [1.82, 2.24) is 4.90 Å². The summed E-state index contributed by atoms with van der Waals surface area (Å²) in [4.78, 5) is 13.9. The number of rotatable bonds is 10. The lowest BCUT2D eigenvalue weighted by molar-refractivity contribution is -0.143. The van der Waals surface area contributed by atoms with Crippen molar-refractivity contribution in [3.8, 4) is 5.75 Å². The second-order valence-corrected chi connectivity index (χ2v) is 6.79. The van der Waals surface area contributed by atoms with Crippen molar-refractivity contribution >= 4 is 5.97 Å². The Morgan fingerprint density at radius 2 is 2.04 bits per heavy atom.